The van der Waals surface area contributed by atoms with E-state index in [-0.39, 0.29) is 5.91 Å². The van der Waals surface area contributed by atoms with Gasteiger partial charge in [-0.2, -0.15) is 0 Å². The Bertz CT molecular complexity index is 964. The third-order valence-electron chi connectivity index (χ3n) is 4.66. The van der Waals surface area contributed by atoms with Crippen molar-refractivity contribution in [3.05, 3.63) is 76.5 Å². The summed E-state index contributed by atoms with van der Waals surface area (Å²) in [5.41, 5.74) is 1.51. The molecule has 0 spiro atoms. The highest BCUT2D eigenvalue weighted by Gasteiger charge is 2.25. The van der Waals surface area contributed by atoms with Crippen molar-refractivity contribution in [1.82, 2.24) is 14.5 Å². The summed E-state index contributed by atoms with van der Waals surface area (Å²) in [7, 11) is 0. The predicted octanol–water partition coefficient (Wildman–Crippen LogP) is 4.14. The number of benzene rings is 2. The average Bonchev–Trinajstić information content (AvgIpc) is 3.18. The lowest BCUT2D eigenvalue weighted by molar-refractivity contribution is 0.0746. The molecule has 0 N–H and O–H groups in total. The van der Waals surface area contributed by atoms with Crippen LogP contribution >= 0.6 is 23.2 Å². The molecule has 5 nitrogen and oxygen atoms in total. The molecule has 0 aliphatic carbocycles. The van der Waals surface area contributed by atoms with Crippen molar-refractivity contribution in [2.24, 2.45) is 0 Å². The monoisotopic (exact) mass is 400 g/mol. The first-order valence-corrected chi connectivity index (χ1v) is 9.47. The zero-order valence-corrected chi connectivity index (χ0v) is 16.1. The van der Waals surface area contributed by atoms with Crippen LogP contribution in [0.25, 0.3) is 5.69 Å². The van der Waals surface area contributed by atoms with E-state index in [1.807, 2.05) is 52.1 Å². The van der Waals surface area contributed by atoms with Crippen molar-refractivity contribution in [3.8, 4) is 5.69 Å². The van der Waals surface area contributed by atoms with E-state index in [0.29, 0.717) is 41.8 Å². The summed E-state index contributed by atoms with van der Waals surface area (Å²) in [6.45, 7) is 2.64. The maximum atomic E-state index is 12.7. The van der Waals surface area contributed by atoms with Crippen LogP contribution in [0.4, 0.5) is 5.95 Å². The van der Waals surface area contributed by atoms with Gasteiger partial charge in [-0.1, -0.05) is 41.4 Å². The Hall–Kier alpha value is -2.50. The van der Waals surface area contributed by atoms with Gasteiger partial charge in [0.1, 0.15) is 0 Å². The molecule has 1 aromatic heterocycles. The Kier molecular flexibility index (Phi) is 5.05. The van der Waals surface area contributed by atoms with Gasteiger partial charge < -0.3 is 9.80 Å². The smallest absolute Gasteiger partial charge is 0.255 e. The van der Waals surface area contributed by atoms with Crippen LogP contribution in [0.5, 0.6) is 0 Å². The number of imidazole rings is 1. The molecule has 1 amide bonds. The molecule has 1 fully saturated rings. The zero-order chi connectivity index (χ0) is 18.8. The van der Waals surface area contributed by atoms with E-state index in [1.165, 1.54) is 0 Å². The maximum Gasteiger partial charge on any atom is 0.255 e. The summed E-state index contributed by atoms with van der Waals surface area (Å²) in [5.74, 6) is 0.820. The number of carbonyl (C=O) groups is 1. The molecule has 4 rings (SSSR count). The number of amides is 1. The third kappa shape index (κ3) is 3.66. The van der Waals surface area contributed by atoms with Crippen LogP contribution in [0.2, 0.25) is 10.0 Å². The second-order valence-electron chi connectivity index (χ2n) is 6.34. The average molecular weight is 401 g/mol. The van der Waals surface area contributed by atoms with Gasteiger partial charge >= 0.3 is 0 Å². The number of halogens is 2. The van der Waals surface area contributed by atoms with E-state index >= 15 is 0 Å². The van der Waals surface area contributed by atoms with E-state index in [2.05, 4.69) is 9.88 Å². The largest absolute Gasteiger partial charge is 0.338 e. The molecule has 1 saturated heterocycles. The normalized spacial score (nSPS) is 14.4. The fraction of sp³-hybridized carbons (Fsp3) is 0.200. The van der Waals surface area contributed by atoms with Crippen molar-refractivity contribution in [2.45, 2.75) is 0 Å². The number of piperazine rings is 1. The Morgan fingerprint density at radius 2 is 1.74 bits per heavy atom. The summed E-state index contributed by atoms with van der Waals surface area (Å²) < 4.78 is 2.01. The third-order valence-corrected chi connectivity index (χ3v) is 5.23. The molecule has 0 bridgehead atoms. The molecule has 0 unspecified atom stereocenters. The molecular formula is C20H18Cl2N4O. The maximum absolute atomic E-state index is 12.7. The van der Waals surface area contributed by atoms with Gasteiger partial charge in [-0.15, -0.1) is 0 Å². The highest BCUT2D eigenvalue weighted by Crippen LogP contribution is 2.23. The minimum atomic E-state index is -0.0292. The summed E-state index contributed by atoms with van der Waals surface area (Å²) in [6, 6.07) is 14.8. The van der Waals surface area contributed by atoms with Gasteiger partial charge in [0.15, 0.2) is 0 Å². The second-order valence-corrected chi connectivity index (χ2v) is 7.18. The van der Waals surface area contributed by atoms with E-state index in [9.17, 15) is 4.79 Å². The molecule has 3 aromatic rings. The first-order valence-electron chi connectivity index (χ1n) is 8.71. The van der Waals surface area contributed by atoms with Gasteiger partial charge in [0, 0.05) is 49.3 Å². The van der Waals surface area contributed by atoms with Crippen LogP contribution in [-0.2, 0) is 0 Å². The topological polar surface area (TPSA) is 41.4 Å². The first-order chi connectivity index (χ1) is 13.1. The van der Waals surface area contributed by atoms with Gasteiger partial charge in [-0.05, 0) is 30.3 Å². The Labute approximate surface area is 167 Å². The van der Waals surface area contributed by atoms with E-state index in [1.54, 1.807) is 18.3 Å². The minimum absolute atomic E-state index is 0.0292. The number of carbonyl (C=O) groups excluding carboxylic acids is 1. The lowest BCUT2D eigenvalue weighted by Crippen LogP contribution is -2.49. The molecule has 0 saturated carbocycles. The van der Waals surface area contributed by atoms with Crippen LogP contribution < -0.4 is 4.90 Å². The van der Waals surface area contributed by atoms with Crippen LogP contribution in [-0.4, -0.2) is 46.5 Å². The quantitative estimate of drug-likeness (QED) is 0.663. The van der Waals surface area contributed by atoms with Gasteiger partial charge in [-0.3, -0.25) is 9.36 Å². The van der Waals surface area contributed by atoms with Crippen molar-refractivity contribution < 1.29 is 4.79 Å². The number of hydrogen-bond acceptors (Lipinski definition) is 3. The van der Waals surface area contributed by atoms with Crippen molar-refractivity contribution >= 4 is 35.1 Å². The number of nitrogens with zero attached hydrogens (tertiary/aromatic N) is 4. The molecule has 0 radical (unpaired) electrons. The summed E-state index contributed by atoms with van der Waals surface area (Å²) in [4.78, 5) is 21.3. The molecule has 1 aliphatic rings. The molecule has 0 atom stereocenters. The van der Waals surface area contributed by atoms with Gasteiger partial charge in [0.05, 0.1) is 10.6 Å². The van der Waals surface area contributed by atoms with Gasteiger partial charge in [0.2, 0.25) is 5.95 Å². The van der Waals surface area contributed by atoms with Crippen LogP contribution in [0.3, 0.4) is 0 Å². The van der Waals surface area contributed by atoms with Crippen LogP contribution in [0, 0.1) is 0 Å². The minimum Gasteiger partial charge on any atom is -0.338 e. The number of hydrogen-bond donors (Lipinski definition) is 0. The molecule has 27 heavy (non-hydrogen) atoms. The fourth-order valence-corrected chi connectivity index (χ4v) is 3.67. The number of rotatable bonds is 3. The lowest BCUT2D eigenvalue weighted by atomic mass is 10.2. The standard InChI is InChI=1S/C20H18Cl2N4O/c21-15-4-3-5-16(14-15)26-9-8-23-20(26)25-12-10-24(11-13-25)19(27)17-6-1-2-7-18(17)22/h1-9,14H,10-13H2. The van der Waals surface area contributed by atoms with E-state index < -0.39 is 0 Å². The Morgan fingerprint density at radius 3 is 2.48 bits per heavy atom. The molecule has 2 heterocycles. The zero-order valence-electron chi connectivity index (χ0n) is 14.6. The molecule has 2 aromatic carbocycles. The lowest BCUT2D eigenvalue weighted by Gasteiger charge is -2.35. The summed E-state index contributed by atoms with van der Waals surface area (Å²) in [6.07, 6.45) is 3.69. The molecular weight excluding hydrogens is 383 g/mol. The number of aromatic nitrogens is 2. The SMILES string of the molecule is O=C(c1ccccc1Cl)N1CCN(c2nccn2-c2cccc(Cl)c2)CC1. The van der Waals surface area contributed by atoms with Crippen LogP contribution in [0.15, 0.2) is 60.9 Å². The van der Waals surface area contributed by atoms with Gasteiger partial charge in [0.25, 0.3) is 5.91 Å². The molecule has 7 heteroatoms. The molecule has 138 valence electrons. The predicted molar refractivity (Wildman–Crippen MR) is 108 cm³/mol. The summed E-state index contributed by atoms with van der Waals surface area (Å²) in [5, 5.41) is 1.17. The van der Waals surface area contributed by atoms with Crippen molar-refractivity contribution in [3.63, 3.8) is 0 Å². The van der Waals surface area contributed by atoms with E-state index in [0.717, 1.165) is 11.6 Å². The molecule has 1 aliphatic heterocycles. The second kappa shape index (κ2) is 7.62. The van der Waals surface area contributed by atoms with Crippen molar-refractivity contribution in [2.75, 3.05) is 31.1 Å². The summed E-state index contributed by atoms with van der Waals surface area (Å²) >= 11 is 12.3. The highest BCUT2D eigenvalue weighted by molar-refractivity contribution is 6.33. The highest BCUT2D eigenvalue weighted by atomic mass is 35.5. The van der Waals surface area contributed by atoms with Gasteiger partial charge in [-0.25, -0.2) is 4.98 Å². The fourth-order valence-electron chi connectivity index (χ4n) is 3.27. The van der Waals surface area contributed by atoms with Crippen LogP contribution in [0.1, 0.15) is 10.4 Å². The first kappa shape index (κ1) is 17.9. The Morgan fingerprint density at radius 1 is 0.963 bits per heavy atom. The number of anilines is 1. The van der Waals surface area contributed by atoms with E-state index in [4.69, 9.17) is 23.2 Å². The Balaban J connectivity index is 1.49. The van der Waals surface area contributed by atoms with Crippen molar-refractivity contribution in [1.29, 1.82) is 0 Å².